The van der Waals surface area contributed by atoms with Gasteiger partial charge >= 0.3 is 0 Å². The lowest BCUT2D eigenvalue weighted by atomic mass is 10.1. The number of ether oxygens (including phenoxy) is 1. The van der Waals surface area contributed by atoms with Crippen LogP contribution in [0.1, 0.15) is 10.6 Å². The lowest BCUT2D eigenvalue weighted by Crippen LogP contribution is -2.10. The van der Waals surface area contributed by atoms with Crippen LogP contribution in [0.4, 0.5) is 5.13 Å². The molecule has 0 aliphatic rings. The standard InChI is InChI=1S/C19H14N2O3S/c1-23-14-10-9-13(12-6-3-2-4-7-12)17-16(14)20-19(25-17)21-18(22)15-8-5-11-24-15/h2-11H,1H3,(H,20,21,22). The van der Waals surface area contributed by atoms with Crippen molar-refractivity contribution in [3.05, 3.63) is 66.6 Å². The Morgan fingerprint density at radius 2 is 1.96 bits per heavy atom. The van der Waals surface area contributed by atoms with Crippen molar-refractivity contribution in [3.8, 4) is 16.9 Å². The second-order valence-corrected chi connectivity index (χ2v) is 6.31. The number of anilines is 1. The van der Waals surface area contributed by atoms with E-state index in [1.165, 1.54) is 17.6 Å². The van der Waals surface area contributed by atoms with Crippen LogP contribution in [0.2, 0.25) is 0 Å². The Morgan fingerprint density at radius 3 is 2.68 bits per heavy atom. The van der Waals surface area contributed by atoms with Gasteiger partial charge in [-0.15, -0.1) is 0 Å². The third-order valence-electron chi connectivity index (χ3n) is 3.78. The molecule has 0 fully saturated rings. The van der Waals surface area contributed by atoms with E-state index in [1.54, 1.807) is 19.2 Å². The zero-order chi connectivity index (χ0) is 17.2. The molecule has 0 aliphatic heterocycles. The number of benzene rings is 2. The van der Waals surface area contributed by atoms with E-state index in [1.807, 2.05) is 42.5 Å². The van der Waals surface area contributed by atoms with E-state index in [2.05, 4.69) is 10.3 Å². The number of carbonyl (C=O) groups excluding carboxylic acids is 1. The summed E-state index contributed by atoms with van der Waals surface area (Å²) in [5.74, 6) is 0.586. The number of carbonyl (C=O) groups is 1. The quantitative estimate of drug-likeness (QED) is 0.573. The zero-order valence-electron chi connectivity index (χ0n) is 13.4. The second kappa shape index (κ2) is 6.41. The van der Waals surface area contributed by atoms with E-state index >= 15 is 0 Å². The Balaban J connectivity index is 1.79. The molecule has 2 aromatic heterocycles. The second-order valence-electron chi connectivity index (χ2n) is 5.31. The predicted octanol–water partition coefficient (Wildman–Crippen LogP) is 4.82. The van der Waals surface area contributed by atoms with Crippen molar-refractivity contribution in [1.29, 1.82) is 0 Å². The minimum absolute atomic E-state index is 0.245. The van der Waals surface area contributed by atoms with Gasteiger partial charge < -0.3 is 9.15 Å². The number of hydrogen-bond donors (Lipinski definition) is 1. The number of nitrogens with zero attached hydrogens (tertiary/aromatic N) is 1. The van der Waals surface area contributed by atoms with Crippen molar-refractivity contribution in [3.63, 3.8) is 0 Å². The Labute approximate surface area is 147 Å². The van der Waals surface area contributed by atoms with Crippen LogP contribution in [0, 0.1) is 0 Å². The molecule has 5 nitrogen and oxygen atoms in total. The highest BCUT2D eigenvalue weighted by molar-refractivity contribution is 7.23. The third-order valence-corrected chi connectivity index (χ3v) is 4.78. The summed E-state index contributed by atoms with van der Waals surface area (Å²) in [7, 11) is 1.61. The first-order valence-corrected chi connectivity index (χ1v) is 8.45. The minimum Gasteiger partial charge on any atom is -0.494 e. The van der Waals surface area contributed by atoms with Gasteiger partial charge in [-0.1, -0.05) is 41.7 Å². The number of aromatic nitrogens is 1. The molecule has 2 heterocycles. The minimum atomic E-state index is -0.329. The van der Waals surface area contributed by atoms with E-state index < -0.39 is 0 Å². The number of thiazole rings is 1. The summed E-state index contributed by atoms with van der Waals surface area (Å²) in [6, 6.07) is 17.2. The average Bonchev–Trinajstić information content (AvgIpc) is 3.31. The van der Waals surface area contributed by atoms with Gasteiger partial charge in [0.05, 0.1) is 18.1 Å². The van der Waals surface area contributed by atoms with E-state index in [4.69, 9.17) is 9.15 Å². The first-order chi connectivity index (χ1) is 12.3. The Kier molecular flexibility index (Phi) is 3.95. The van der Waals surface area contributed by atoms with Gasteiger partial charge in [-0.2, -0.15) is 0 Å². The topological polar surface area (TPSA) is 64.4 Å². The highest BCUT2D eigenvalue weighted by Crippen LogP contribution is 2.39. The summed E-state index contributed by atoms with van der Waals surface area (Å²) in [4.78, 5) is 16.7. The predicted molar refractivity (Wildman–Crippen MR) is 98.3 cm³/mol. The molecule has 0 aliphatic carbocycles. The van der Waals surface area contributed by atoms with Crippen molar-refractivity contribution in [2.75, 3.05) is 12.4 Å². The number of rotatable bonds is 4. The van der Waals surface area contributed by atoms with Gasteiger partial charge in [-0.05, 0) is 29.8 Å². The molecule has 124 valence electrons. The van der Waals surface area contributed by atoms with E-state index in [-0.39, 0.29) is 11.7 Å². The van der Waals surface area contributed by atoms with Crippen molar-refractivity contribution < 1.29 is 13.9 Å². The maximum atomic E-state index is 12.2. The van der Waals surface area contributed by atoms with Gasteiger partial charge in [0.2, 0.25) is 0 Å². The summed E-state index contributed by atoms with van der Waals surface area (Å²) >= 11 is 1.41. The molecule has 0 saturated heterocycles. The first kappa shape index (κ1) is 15.4. The molecule has 1 N–H and O–H groups in total. The van der Waals surface area contributed by atoms with Crippen molar-refractivity contribution in [2.24, 2.45) is 0 Å². The van der Waals surface area contributed by atoms with Gasteiger partial charge in [0.25, 0.3) is 5.91 Å². The van der Waals surface area contributed by atoms with Gasteiger partial charge in [0, 0.05) is 5.56 Å². The number of methoxy groups -OCH3 is 1. The van der Waals surface area contributed by atoms with E-state index in [0.29, 0.717) is 10.9 Å². The van der Waals surface area contributed by atoms with Gasteiger partial charge in [-0.3, -0.25) is 10.1 Å². The average molecular weight is 350 g/mol. The summed E-state index contributed by atoms with van der Waals surface area (Å²) in [5, 5.41) is 3.28. The van der Waals surface area contributed by atoms with Crippen molar-refractivity contribution in [1.82, 2.24) is 4.98 Å². The molecule has 0 atom stereocenters. The molecular formula is C19H14N2O3S. The molecule has 4 rings (SSSR count). The number of furan rings is 1. The highest BCUT2D eigenvalue weighted by atomic mass is 32.1. The van der Waals surface area contributed by atoms with Crippen LogP contribution in [0.3, 0.4) is 0 Å². The third kappa shape index (κ3) is 2.88. The molecule has 2 aromatic carbocycles. The van der Waals surface area contributed by atoms with Crippen LogP contribution in [0.25, 0.3) is 21.3 Å². The molecule has 0 unspecified atom stereocenters. The molecule has 1 amide bonds. The van der Waals surface area contributed by atoms with Crippen molar-refractivity contribution >= 4 is 32.6 Å². The van der Waals surface area contributed by atoms with E-state index in [0.717, 1.165) is 21.3 Å². The molecule has 0 radical (unpaired) electrons. The summed E-state index contributed by atoms with van der Waals surface area (Å²) in [6.45, 7) is 0. The highest BCUT2D eigenvalue weighted by Gasteiger charge is 2.17. The van der Waals surface area contributed by atoms with E-state index in [9.17, 15) is 4.79 Å². The fourth-order valence-corrected chi connectivity index (χ4v) is 3.63. The number of fused-ring (bicyclic) bond motifs is 1. The Morgan fingerprint density at radius 1 is 1.12 bits per heavy atom. The fourth-order valence-electron chi connectivity index (χ4n) is 2.61. The fraction of sp³-hybridized carbons (Fsp3) is 0.0526. The normalized spacial score (nSPS) is 10.8. The van der Waals surface area contributed by atoms with Crippen molar-refractivity contribution in [2.45, 2.75) is 0 Å². The lowest BCUT2D eigenvalue weighted by molar-refractivity contribution is 0.0996. The van der Waals surface area contributed by atoms with Crippen LogP contribution in [-0.4, -0.2) is 18.0 Å². The molecule has 6 heteroatoms. The zero-order valence-corrected chi connectivity index (χ0v) is 14.2. The van der Waals surface area contributed by atoms with Crippen LogP contribution >= 0.6 is 11.3 Å². The monoisotopic (exact) mass is 350 g/mol. The van der Waals surface area contributed by atoms with Gasteiger partial charge in [-0.25, -0.2) is 4.98 Å². The van der Waals surface area contributed by atoms with Crippen LogP contribution in [0.5, 0.6) is 5.75 Å². The lowest BCUT2D eigenvalue weighted by Gasteiger charge is -2.05. The van der Waals surface area contributed by atoms with Crippen LogP contribution in [0.15, 0.2) is 65.3 Å². The van der Waals surface area contributed by atoms with Gasteiger partial charge in [0.15, 0.2) is 10.9 Å². The molecule has 4 aromatic rings. The van der Waals surface area contributed by atoms with Crippen LogP contribution < -0.4 is 10.1 Å². The molecule has 25 heavy (non-hydrogen) atoms. The molecular weight excluding hydrogens is 336 g/mol. The SMILES string of the molecule is COc1ccc(-c2ccccc2)c2sc(NC(=O)c3ccco3)nc12. The van der Waals surface area contributed by atoms with Crippen LogP contribution in [-0.2, 0) is 0 Å². The summed E-state index contributed by atoms with van der Waals surface area (Å²) < 4.78 is 11.5. The molecule has 0 bridgehead atoms. The number of hydrogen-bond acceptors (Lipinski definition) is 5. The Bertz CT molecular complexity index is 1020. The summed E-state index contributed by atoms with van der Waals surface area (Å²) in [6.07, 6.45) is 1.46. The smallest absolute Gasteiger partial charge is 0.293 e. The summed E-state index contributed by atoms with van der Waals surface area (Å²) in [5.41, 5.74) is 2.86. The largest absolute Gasteiger partial charge is 0.494 e. The first-order valence-electron chi connectivity index (χ1n) is 7.64. The maximum absolute atomic E-state index is 12.2. The number of amides is 1. The molecule has 0 saturated carbocycles. The maximum Gasteiger partial charge on any atom is 0.293 e. The molecule has 0 spiro atoms. The Hall–Kier alpha value is -3.12. The van der Waals surface area contributed by atoms with Gasteiger partial charge in [0.1, 0.15) is 11.3 Å². The number of nitrogens with one attached hydrogen (secondary N) is 1.